The van der Waals surface area contributed by atoms with Crippen molar-refractivity contribution in [2.75, 3.05) is 5.32 Å². The second kappa shape index (κ2) is 8.64. The lowest BCUT2D eigenvalue weighted by Gasteiger charge is -2.06. The van der Waals surface area contributed by atoms with Gasteiger partial charge in [0.05, 0.1) is 11.1 Å². The van der Waals surface area contributed by atoms with Gasteiger partial charge in [-0.05, 0) is 42.1 Å². The van der Waals surface area contributed by atoms with E-state index >= 15 is 0 Å². The van der Waals surface area contributed by atoms with Crippen LogP contribution in [0.5, 0.6) is 0 Å². The van der Waals surface area contributed by atoms with Crippen molar-refractivity contribution < 1.29 is 14.7 Å². The summed E-state index contributed by atoms with van der Waals surface area (Å²) < 4.78 is 0. The minimum atomic E-state index is -1.02. The van der Waals surface area contributed by atoms with Crippen LogP contribution in [0.1, 0.15) is 26.3 Å². The molecule has 0 bridgehead atoms. The van der Waals surface area contributed by atoms with Crippen molar-refractivity contribution in [3.05, 3.63) is 88.1 Å². The second-order valence-corrected chi connectivity index (χ2v) is 5.57. The number of aromatic carboxylic acids is 1. The number of amides is 1. The molecule has 0 saturated heterocycles. The van der Waals surface area contributed by atoms with E-state index in [1.54, 1.807) is 29.8 Å². The van der Waals surface area contributed by atoms with E-state index in [1.807, 2.05) is 30.3 Å². The molecule has 4 nitrogen and oxygen atoms in total. The fourth-order valence-electron chi connectivity index (χ4n) is 1.80. The smallest absolute Gasteiger partial charge is 0.336 e. The van der Waals surface area contributed by atoms with Crippen LogP contribution in [-0.4, -0.2) is 17.0 Å². The van der Waals surface area contributed by atoms with Gasteiger partial charge in [-0.2, -0.15) is 11.3 Å². The van der Waals surface area contributed by atoms with E-state index in [-0.39, 0.29) is 11.5 Å². The van der Waals surface area contributed by atoms with Crippen LogP contribution in [-0.2, 0) is 0 Å². The molecule has 0 aliphatic heterocycles. The summed E-state index contributed by atoms with van der Waals surface area (Å²) in [5.74, 6) is -1.29. The molecule has 2 aromatic carbocycles. The molecule has 0 aliphatic rings. The van der Waals surface area contributed by atoms with Crippen LogP contribution in [0.25, 0.3) is 0 Å². The molecule has 1 aromatic heterocycles. The molecule has 2 radical (unpaired) electrons. The van der Waals surface area contributed by atoms with Gasteiger partial charge in [0, 0.05) is 17.1 Å². The van der Waals surface area contributed by atoms with Crippen LogP contribution in [0.4, 0.5) is 5.69 Å². The molecule has 0 unspecified atom stereocenters. The first-order chi connectivity index (χ1) is 11.6. The lowest BCUT2D eigenvalue weighted by atomic mass is 10.1. The van der Waals surface area contributed by atoms with E-state index in [1.165, 1.54) is 17.4 Å². The molecule has 1 heterocycles. The van der Waals surface area contributed by atoms with E-state index in [9.17, 15) is 9.59 Å². The molecule has 3 aromatic rings. The average Bonchev–Trinajstić information content (AvgIpc) is 3.13. The number of thiophene rings is 1. The Balaban J connectivity index is 0.000000292. The van der Waals surface area contributed by atoms with Crippen molar-refractivity contribution in [2.24, 2.45) is 0 Å². The fourth-order valence-corrected chi connectivity index (χ4v) is 2.43. The summed E-state index contributed by atoms with van der Waals surface area (Å²) in [7, 11) is 0. The van der Waals surface area contributed by atoms with Crippen LogP contribution in [0.3, 0.4) is 0 Å². The summed E-state index contributed by atoms with van der Waals surface area (Å²) in [6, 6.07) is 20.0. The Morgan fingerprint density at radius 1 is 1.21 bits per heavy atom. The molecule has 0 spiro atoms. The number of nitrogens with one attached hydrogen (secondary N) is 1. The number of anilines is 1. The normalized spacial score (nSPS) is 9.54. The Morgan fingerprint density at radius 3 is 2.46 bits per heavy atom. The van der Waals surface area contributed by atoms with Crippen LogP contribution in [0, 0.1) is 19.1 Å². The Morgan fingerprint density at radius 2 is 1.96 bits per heavy atom. The Kier molecular flexibility index (Phi) is 6.28. The highest BCUT2D eigenvalue weighted by atomic mass is 32.1. The Bertz CT molecular complexity index is 772. The third kappa shape index (κ3) is 5.07. The second-order valence-electron chi connectivity index (χ2n) is 4.79. The van der Waals surface area contributed by atoms with Gasteiger partial charge in [-0.15, -0.1) is 0 Å². The van der Waals surface area contributed by atoms with Crippen molar-refractivity contribution in [2.45, 2.75) is 6.92 Å². The molecule has 0 atom stereocenters. The average molecular weight is 337 g/mol. The predicted octanol–water partition coefficient (Wildman–Crippen LogP) is 4.29. The van der Waals surface area contributed by atoms with Gasteiger partial charge in [-0.1, -0.05) is 30.3 Å². The van der Waals surface area contributed by atoms with Gasteiger partial charge < -0.3 is 10.4 Å². The zero-order chi connectivity index (χ0) is 17.4. The standard InChI is InChI=1S/C13H10NO3S.C6H5/c1-8-2-3-10(6-11(8)13(16)17)14-12(15)9-4-5-18-7-9;1-2-4-6-5-3-1/h2,4-7H,1H3,(H,14,15)(H,16,17);1-5H. The van der Waals surface area contributed by atoms with Gasteiger partial charge >= 0.3 is 5.97 Å². The number of carbonyl (C=O) groups excluding carboxylic acids is 1. The highest BCUT2D eigenvalue weighted by molar-refractivity contribution is 7.08. The number of aryl methyl sites for hydroxylation is 1. The number of hydrogen-bond donors (Lipinski definition) is 2. The summed E-state index contributed by atoms with van der Waals surface area (Å²) >= 11 is 1.42. The summed E-state index contributed by atoms with van der Waals surface area (Å²) in [6.07, 6.45) is 0. The zero-order valence-electron chi connectivity index (χ0n) is 12.9. The summed E-state index contributed by atoms with van der Waals surface area (Å²) in [6.45, 7) is 1.68. The van der Waals surface area contributed by atoms with Crippen molar-refractivity contribution in [3.63, 3.8) is 0 Å². The maximum atomic E-state index is 11.8. The first-order valence-electron chi connectivity index (χ1n) is 7.08. The minimum Gasteiger partial charge on any atom is -0.478 e. The highest BCUT2D eigenvalue weighted by Gasteiger charge is 2.11. The van der Waals surface area contributed by atoms with E-state index in [2.05, 4.69) is 17.4 Å². The fraction of sp³-hybridized carbons (Fsp3) is 0.0526. The van der Waals surface area contributed by atoms with Crippen LogP contribution in [0.15, 0.2) is 59.3 Å². The van der Waals surface area contributed by atoms with Crippen molar-refractivity contribution in [3.8, 4) is 0 Å². The SMILES string of the molecule is Cc1c[c]c(NC(=O)c2ccsc2)cc1C(=O)O.[c]1ccccc1. The summed E-state index contributed by atoms with van der Waals surface area (Å²) in [4.78, 5) is 22.7. The van der Waals surface area contributed by atoms with Gasteiger partial charge in [-0.25, -0.2) is 4.79 Å². The van der Waals surface area contributed by atoms with Crippen molar-refractivity contribution in [1.82, 2.24) is 0 Å². The van der Waals surface area contributed by atoms with Crippen molar-refractivity contribution >= 4 is 28.9 Å². The van der Waals surface area contributed by atoms with Crippen LogP contribution >= 0.6 is 11.3 Å². The van der Waals surface area contributed by atoms with Crippen LogP contribution in [0.2, 0.25) is 0 Å². The summed E-state index contributed by atoms with van der Waals surface area (Å²) in [5, 5.41) is 15.1. The third-order valence-corrected chi connectivity index (χ3v) is 3.71. The molecule has 5 heteroatoms. The van der Waals surface area contributed by atoms with E-state index in [4.69, 9.17) is 5.11 Å². The molecular formula is C19H15NO3S. The number of hydrogen-bond acceptors (Lipinski definition) is 3. The van der Waals surface area contributed by atoms with E-state index in [0.717, 1.165) is 0 Å². The van der Waals surface area contributed by atoms with Gasteiger partial charge in [0.15, 0.2) is 0 Å². The Labute approximate surface area is 144 Å². The Hall–Kier alpha value is -2.92. The van der Waals surface area contributed by atoms with Crippen LogP contribution < -0.4 is 5.32 Å². The van der Waals surface area contributed by atoms with Gasteiger partial charge in [0.2, 0.25) is 0 Å². The topological polar surface area (TPSA) is 66.4 Å². The molecule has 120 valence electrons. The molecular weight excluding hydrogens is 322 g/mol. The molecule has 0 saturated carbocycles. The first-order valence-corrected chi connectivity index (χ1v) is 8.02. The third-order valence-electron chi connectivity index (χ3n) is 3.03. The predicted molar refractivity (Wildman–Crippen MR) is 94.5 cm³/mol. The maximum absolute atomic E-state index is 11.8. The molecule has 24 heavy (non-hydrogen) atoms. The van der Waals surface area contributed by atoms with Gasteiger partial charge in [0.25, 0.3) is 5.91 Å². The van der Waals surface area contributed by atoms with Crippen molar-refractivity contribution in [1.29, 1.82) is 0 Å². The lowest BCUT2D eigenvalue weighted by molar-refractivity contribution is 0.0695. The lowest BCUT2D eigenvalue weighted by Crippen LogP contribution is -2.12. The summed E-state index contributed by atoms with van der Waals surface area (Å²) in [5.41, 5.74) is 1.67. The zero-order valence-corrected chi connectivity index (χ0v) is 13.8. The quantitative estimate of drug-likeness (QED) is 0.749. The molecule has 3 rings (SSSR count). The number of carbonyl (C=O) groups is 2. The monoisotopic (exact) mass is 337 g/mol. The minimum absolute atomic E-state index is 0.161. The first kappa shape index (κ1) is 17.4. The number of benzene rings is 2. The van der Waals surface area contributed by atoms with Gasteiger partial charge in [-0.3, -0.25) is 4.79 Å². The van der Waals surface area contributed by atoms with E-state index in [0.29, 0.717) is 16.8 Å². The molecule has 0 aliphatic carbocycles. The molecule has 0 fully saturated rings. The van der Waals surface area contributed by atoms with E-state index < -0.39 is 5.97 Å². The number of carboxylic acid groups (broad SMARTS) is 1. The molecule has 2 N–H and O–H groups in total. The maximum Gasteiger partial charge on any atom is 0.336 e. The largest absolute Gasteiger partial charge is 0.478 e. The highest BCUT2D eigenvalue weighted by Crippen LogP contribution is 2.16. The van der Waals surface area contributed by atoms with Gasteiger partial charge in [0.1, 0.15) is 0 Å². The molecule has 1 amide bonds. The number of rotatable bonds is 3. The number of carboxylic acids is 1.